The average molecular weight is 272 g/mol. The van der Waals surface area contributed by atoms with Crippen molar-refractivity contribution in [2.75, 3.05) is 25.5 Å². The van der Waals surface area contributed by atoms with E-state index in [1.54, 1.807) is 11.1 Å². The molecule has 1 heterocycles. The predicted molar refractivity (Wildman–Crippen MR) is 79.9 cm³/mol. The molecule has 1 amide bonds. The topological polar surface area (TPSA) is 40.6 Å². The molecular formula is C16H20N2O2. The SMILES string of the molecule is CCC(=O)N1CC(=CN(C)C)C(=O)c2cc(C)ccc21. The maximum absolute atomic E-state index is 12.5. The van der Waals surface area contributed by atoms with Gasteiger partial charge in [-0.15, -0.1) is 0 Å². The Labute approximate surface area is 119 Å². The molecule has 0 N–H and O–H groups in total. The zero-order chi connectivity index (χ0) is 14.9. The molecule has 106 valence electrons. The zero-order valence-corrected chi connectivity index (χ0v) is 12.4. The Kier molecular flexibility index (Phi) is 3.93. The number of hydrogen-bond acceptors (Lipinski definition) is 3. The first-order valence-electron chi connectivity index (χ1n) is 6.77. The van der Waals surface area contributed by atoms with Gasteiger partial charge in [0.15, 0.2) is 5.78 Å². The number of aryl methyl sites for hydroxylation is 1. The second-order valence-corrected chi connectivity index (χ2v) is 5.30. The van der Waals surface area contributed by atoms with Crippen molar-refractivity contribution in [3.8, 4) is 0 Å². The molecule has 0 spiro atoms. The quantitative estimate of drug-likeness (QED) is 0.776. The van der Waals surface area contributed by atoms with Crippen molar-refractivity contribution in [1.29, 1.82) is 0 Å². The summed E-state index contributed by atoms with van der Waals surface area (Å²) in [7, 11) is 3.75. The molecule has 0 saturated heterocycles. The van der Waals surface area contributed by atoms with Gasteiger partial charge in [0.25, 0.3) is 0 Å². The average Bonchev–Trinajstić information content (AvgIpc) is 2.41. The molecule has 0 fully saturated rings. The second kappa shape index (κ2) is 5.49. The molecule has 0 saturated carbocycles. The Balaban J connectivity index is 2.56. The van der Waals surface area contributed by atoms with Crippen LogP contribution < -0.4 is 4.90 Å². The van der Waals surface area contributed by atoms with Crippen LogP contribution in [0.1, 0.15) is 29.3 Å². The van der Waals surface area contributed by atoms with E-state index in [1.807, 2.05) is 51.0 Å². The van der Waals surface area contributed by atoms with E-state index < -0.39 is 0 Å². The minimum absolute atomic E-state index is 0.0116. The number of rotatable bonds is 2. The summed E-state index contributed by atoms with van der Waals surface area (Å²) in [5.74, 6) is 0.0461. The van der Waals surface area contributed by atoms with Gasteiger partial charge in [0.2, 0.25) is 5.91 Å². The summed E-state index contributed by atoms with van der Waals surface area (Å²) >= 11 is 0. The van der Waals surface area contributed by atoms with Gasteiger partial charge < -0.3 is 9.80 Å². The number of carbonyl (C=O) groups excluding carboxylic acids is 2. The molecule has 1 aliphatic rings. The van der Waals surface area contributed by atoms with E-state index in [2.05, 4.69) is 0 Å². The van der Waals surface area contributed by atoms with Crippen LogP contribution in [0.5, 0.6) is 0 Å². The van der Waals surface area contributed by atoms with Gasteiger partial charge in [-0.2, -0.15) is 0 Å². The van der Waals surface area contributed by atoms with Crippen molar-refractivity contribution in [2.24, 2.45) is 0 Å². The summed E-state index contributed by atoms with van der Waals surface area (Å²) in [4.78, 5) is 28.2. The Hall–Kier alpha value is -2.10. The van der Waals surface area contributed by atoms with E-state index in [4.69, 9.17) is 0 Å². The van der Waals surface area contributed by atoms with Gasteiger partial charge in [0.05, 0.1) is 12.2 Å². The highest BCUT2D eigenvalue weighted by atomic mass is 16.2. The van der Waals surface area contributed by atoms with E-state index >= 15 is 0 Å². The number of amides is 1. The van der Waals surface area contributed by atoms with E-state index in [1.165, 1.54) is 0 Å². The van der Waals surface area contributed by atoms with Gasteiger partial charge in [-0.1, -0.05) is 18.6 Å². The maximum atomic E-state index is 12.5. The van der Waals surface area contributed by atoms with Crippen LogP contribution in [-0.2, 0) is 4.79 Å². The van der Waals surface area contributed by atoms with Crippen LogP contribution in [0.25, 0.3) is 0 Å². The van der Waals surface area contributed by atoms with Crippen LogP contribution in [0.15, 0.2) is 30.0 Å². The van der Waals surface area contributed by atoms with Gasteiger partial charge in [-0.3, -0.25) is 9.59 Å². The van der Waals surface area contributed by atoms with Gasteiger partial charge in [-0.05, 0) is 19.1 Å². The first-order valence-corrected chi connectivity index (χ1v) is 6.77. The third-order valence-electron chi connectivity index (χ3n) is 3.33. The summed E-state index contributed by atoms with van der Waals surface area (Å²) in [6.07, 6.45) is 2.22. The van der Waals surface area contributed by atoms with Crippen molar-refractivity contribution in [3.05, 3.63) is 41.1 Å². The number of carbonyl (C=O) groups is 2. The molecule has 1 aromatic rings. The van der Waals surface area contributed by atoms with Crippen LogP contribution >= 0.6 is 0 Å². The van der Waals surface area contributed by atoms with Gasteiger partial charge in [0, 0.05) is 37.9 Å². The molecule has 0 bridgehead atoms. The van der Waals surface area contributed by atoms with E-state index in [0.717, 1.165) is 11.3 Å². The normalized spacial score (nSPS) is 16.3. The lowest BCUT2D eigenvalue weighted by Gasteiger charge is -2.30. The van der Waals surface area contributed by atoms with Crippen molar-refractivity contribution in [3.63, 3.8) is 0 Å². The van der Waals surface area contributed by atoms with Crippen molar-refractivity contribution in [2.45, 2.75) is 20.3 Å². The number of nitrogens with zero attached hydrogens (tertiary/aromatic N) is 2. The summed E-state index contributed by atoms with van der Waals surface area (Å²) in [6.45, 7) is 4.13. The third kappa shape index (κ3) is 2.59. The van der Waals surface area contributed by atoms with E-state index in [9.17, 15) is 9.59 Å². The lowest BCUT2D eigenvalue weighted by Crippen LogP contribution is -2.39. The number of benzene rings is 1. The van der Waals surface area contributed by atoms with Crippen LogP contribution in [0, 0.1) is 6.92 Å². The van der Waals surface area contributed by atoms with E-state index in [-0.39, 0.29) is 11.7 Å². The highest BCUT2D eigenvalue weighted by Gasteiger charge is 2.30. The highest BCUT2D eigenvalue weighted by Crippen LogP contribution is 2.30. The second-order valence-electron chi connectivity index (χ2n) is 5.30. The van der Waals surface area contributed by atoms with E-state index in [0.29, 0.717) is 24.1 Å². The number of fused-ring (bicyclic) bond motifs is 1. The van der Waals surface area contributed by atoms with Crippen molar-refractivity contribution in [1.82, 2.24) is 4.90 Å². The van der Waals surface area contributed by atoms with Gasteiger partial charge in [0.1, 0.15) is 0 Å². The minimum Gasteiger partial charge on any atom is -0.383 e. The number of anilines is 1. The molecule has 1 aromatic carbocycles. The summed E-state index contributed by atoms with van der Waals surface area (Å²) in [6, 6.07) is 5.65. The summed E-state index contributed by atoms with van der Waals surface area (Å²) in [5.41, 5.74) is 3.01. The Morgan fingerprint density at radius 2 is 2.10 bits per heavy atom. The van der Waals surface area contributed by atoms with Crippen LogP contribution in [0.2, 0.25) is 0 Å². The highest BCUT2D eigenvalue weighted by molar-refractivity contribution is 6.17. The standard InChI is InChI=1S/C16H20N2O2/c1-5-15(19)18-10-12(9-17(3)4)16(20)13-8-11(2)6-7-14(13)18/h6-9H,5,10H2,1-4H3. The lowest BCUT2D eigenvalue weighted by atomic mass is 9.94. The fraction of sp³-hybridized carbons (Fsp3) is 0.375. The largest absolute Gasteiger partial charge is 0.383 e. The Morgan fingerprint density at radius 1 is 1.40 bits per heavy atom. The maximum Gasteiger partial charge on any atom is 0.227 e. The molecular weight excluding hydrogens is 252 g/mol. The molecule has 2 rings (SSSR count). The summed E-state index contributed by atoms with van der Waals surface area (Å²) < 4.78 is 0. The predicted octanol–water partition coefficient (Wildman–Crippen LogP) is 2.38. The molecule has 4 heteroatoms. The number of ketones is 1. The molecule has 0 unspecified atom stereocenters. The van der Waals surface area contributed by atoms with Crippen molar-refractivity contribution < 1.29 is 9.59 Å². The molecule has 0 aliphatic carbocycles. The fourth-order valence-corrected chi connectivity index (χ4v) is 2.39. The van der Waals surface area contributed by atoms with Crippen LogP contribution in [0.3, 0.4) is 0 Å². The smallest absolute Gasteiger partial charge is 0.227 e. The van der Waals surface area contributed by atoms with Crippen LogP contribution in [-0.4, -0.2) is 37.2 Å². The molecule has 0 radical (unpaired) electrons. The lowest BCUT2D eigenvalue weighted by molar-refractivity contribution is -0.118. The Morgan fingerprint density at radius 3 is 2.70 bits per heavy atom. The Bertz CT molecular complexity index is 588. The van der Waals surface area contributed by atoms with Crippen molar-refractivity contribution >= 4 is 17.4 Å². The first kappa shape index (κ1) is 14.3. The van der Waals surface area contributed by atoms with Gasteiger partial charge >= 0.3 is 0 Å². The number of Topliss-reactive ketones (excluding diaryl/α,β-unsaturated/α-hetero) is 1. The fourth-order valence-electron chi connectivity index (χ4n) is 2.39. The molecule has 4 nitrogen and oxygen atoms in total. The monoisotopic (exact) mass is 272 g/mol. The molecule has 0 aromatic heterocycles. The number of hydrogen-bond donors (Lipinski definition) is 0. The summed E-state index contributed by atoms with van der Waals surface area (Å²) in [5, 5.41) is 0. The molecule has 0 atom stereocenters. The zero-order valence-electron chi connectivity index (χ0n) is 12.4. The third-order valence-corrected chi connectivity index (χ3v) is 3.33. The molecule has 20 heavy (non-hydrogen) atoms. The first-order chi connectivity index (χ1) is 9.43. The molecule has 1 aliphatic heterocycles. The minimum atomic E-state index is 0.0116. The van der Waals surface area contributed by atoms with Gasteiger partial charge in [-0.25, -0.2) is 0 Å². The van der Waals surface area contributed by atoms with Crippen LogP contribution in [0.4, 0.5) is 5.69 Å².